The number of amides is 3. The molecule has 0 saturated heterocycles. The summed E-state index contributed by atoms with van der Waals surface area (Å²) in [6.45, 7) is 6.19. The van der Waals surface area contributed by atoms with E-state index < -0.39 is 17.8 Å². The number of carbonyl (C=O) groups is 2. The number of hydrogen-bond donors (Lipinski definition) is 2. The third kappa shape index (κ3) is 4.82. The Hall–Kier alpha value is -2.34. The lowest BCUT2D eigenvalue weighted by atomic mass is 9.87. The van der Waals surface area contributed by atoms with Crippen LogP contribution in [0.2, 0.25) is 0 Å². The fraction of sp³-hybridized carbons (Fsp3) is 0.263. The van der Waals surface area contributed by atoms with Gasteiger partial charge in [-0.05, 0) is 29.2 Å². The van der Waals surface area contributed by atoms with Crippen molar-refractivity contribution in [2.75, 3.05) is 0 Å². The smallest absolute Gasteiger partial charge is 0.333 e. The lowest BCUT2D eigenvalue weighted by molar-refractivity contribution is 0.0895. The molecule has 132 valence electrons. The minimum Gasteiger partial charge on any atom is -0.333 e. The molecule has 0 aliphatic heterocycles. The van der Waals surface area contributed by atoms with Gasteiger partial charge in [0, 0.05) is 17.7 Å². The predicted molar refractivity (Wildman–Crippen MR) is 98.9 cm³/mol. The average Bonchev–Trinajstić information content (AvgIpc) is 2.59. The van der Waals surface area contributed by atoms with Crippen molar-refractivity contribution in [1.82, 2.24) is 9.62 Å². The lowest BCUT2D eigenvalue weighted by Gasteiger charge is -2.20. The molecule has 2 aromatic rings. The third-order valence-corrected chi connectivity index (χ3v) is 4.13. The van der Waals surface area contributed by atoms with Crippen LogP contribution in [0, 0.1) is 5.82 Å². The number of benzene rings is 2. The molecule has 0 radical (unpaired) electrons. The zero-order valence-corrected chi connectivity index (χ0v) is 15.3. The summed E-state index contributed by atoms with van der Waals surface area (Å²) in [4.78, 5) is 24.4. The van der Waals surface area contributed by atoms with Crippen molar-refractivity contribution in [3.8, 4) is 0 Å². The highest BCUT2D eigenvalue weighted by Crippen LogP contribution is 2.22. The largest absolute Gasteiger partial charge is 0.334 e. The first-order valence-electron chi connectivity index (χ1n) is 7.85. The van der Waals surface area contributed by atoms with Gasteiger partial charge in [0.2, 0.25) is 0 Å². The topological polar surface area (TPSA) is 49.4 Å². The van der Waals surface area contributed by atoms with Gasteiger partial charge in [0.25, 0.3) is 5.91 Å². The van der Waals surface area contributed by atoms with Crippen LogP contribution in [-0.4, -0.2) is 16.2 Å². The van der Waals surface area contributed by atoms with Crippen LogP contribution in [0.1, 0.15) is 42.3 Å². The summed E-state index contributed by atoms with van der Waals surface area (Å²) in [5.41, 5.74) is 1.74. The monoisotopic (exact) mass is 360 g/mol. The maximum atomic E-state index is 13.5. The number of thiol groups is 1. The normalized spacial score (nSPS) is 11.1. The summed E-state index contributed by atoms with van der Waals surface area (Å²) < 4.78 is 14.2. The zero-order valence-electron chi connectivity index (χ0n) is 14.4. The van der Waals surface area contributed by atoms with Crippen LogP contribution in [0.4, 0.5) is 9.18 Å². The molecule has 2 aromatic carbocycles. The lowest BCUT2D eigenvalue weighted by Crippen LogP contribution is -2.37. The Kier molecular flexibility index (Phi) is 5.85. The van der Waals surface area contributed by atoms with Crippen LogP contribution in [-0.2, 0) is 12.0 Å². The highest BCUT2D eigenvalue weighted by Gasteiger charge is 2.21. The van der Waals surface area contributed by atoms with Crippen LogP contribution in [0.15, 0.2) is 48.5 Å². The third-order valence-electron chi connectivity index (χ3n) is 3.77. The highest BCUT2D eigenvalue weighted by atomic mass is 32.1. The van der Waals surface area contributed by atoms with E-state index in [0.29, 0.717) is 15.4 Å². The summed E-state index contributed by atoms with van der Waals surface area (Å²) in [5.74, 6) is -0.965. The fourth-order valence-electron chi connectivity index (χ4n) is 2.21. The molecule has 0 fully saturated rings. The second kappa shape index (κ2) is 7.70. The quantitative estimate of drug-likeness (QED) is 0.801. The molecule has 0 aromatic heterocycles. The molecule has 4 nitrogen and oxygen atoms in total. The Labute approximate surface area is 152 Å². The van der Waals surface area contributed by atoms with Crippen LogP contribution < -0.4 is 5.32 Å². The molecule has 0 heterocycles. The average molecular weight is 360 g/mol. The SMILES string of the molecule is CC(C)(C)c1ccc(C(=O)N(S)C(=O)NCc2ccccc2F)cc1. The van der Waals surface area contributed by atoms with Crippen LogP contribution in [0.5, 0.6) is 0 Å². The molecule has 25 heavy (non-hydrogen) atoms. The van der Waals surface area contributed by atoms with E-state index in [4.69, 9.17) is 0 Å². The summed E-state index contributed by atoms with van der Waals surface area (Å²) in [6.07, 6.45) is 0. The molecule has 0 saturated carbocycles. The van der Waals surface area contributed by atoms with Crippen LogP contribution in [0.25, 0.3) is 0 Å². The Morgan fingerprint density at radius 1 is 1.08 bits per heavy atom. The van der Waals surface area contributed by atoms with Gasteiger partial charge in [-0.1, -0.05) is 63.9 Å². The molecule has 3 amide bonds. The molecule has 0 spiro atoms. The van der Waals surface area contributed by atoms with E-state index in [-0.39, 0.29) is 12.0 Å². The Bertz CT molecular complexity index is 770. The van der Waals surface area contributed by atoms with Crippen molar-refractivity contribution in [2.45, 2.75) is 32.7 Å². The first-order chi connectivity index (χ1) is 11.7. The predicted octanol–water partition coefficient (Wildman–Crippen LogP) is 4.32. The number of halogens is 1. The second-order valence-electron chi connectivity index (χ2n) is 6.69. The molecule has 6 heteroatoms. The van der Waals surface area contributed by atoms with Gasteiger partial charge in [-0.25, -0.2) is 13.5 Å². The summed E-state index contributed by atoms with van der Waals surface area (Å²) in [5, 5.41) is 2.48. The summed E-state index contributed by atoms with van der Waals surface area (Å²) in [6, 6.07) is 12.4. The van der Waals surface area contributed by atoms with Crippen LogP contribution in [0.3, 0.4) is 0 Å². The number of nitrogens with one attached hydrogen (secondary N) is 1. The van der Waals surface area contributed by atoms with E-state index in [1.165, 1.54) is 6.07 Å². The molecule has 0 unspecified atom stereocenters. The second-order valence-corrected chi connectivity index (χ2v) is 7.09. The first-order valence-corrected chi connectivity index (χ1v) is 8.25. The van der Waals surface area contributed by atoms with E-state index in [9.17, 15) is 14.0 Å². The van der Waals surface area contributed by atoms with Gasteiger partial charge in [0.1, 0.15) is 5.82 Å². The van der Waals surface area contributed by atoms with Crippen molar-refractivity contribution in [3.63, 3.8) is 0 Å². The van der Waals surface area contributed by atoms with Gasteiger partial charge in [0.15, 0.2) is 0 Å². The molecule has 0 bridgehead atoms. The summed E-state index contributed by atoms with van der Waals surface area (Å²) in [7, 11) is 0. The van der Waals surface area contributed by atoms with Gasteiger partial charge in [-0.2, -0.15) is 0 Å². The van der Waals surface area contributed by atoms with E-state index in [1.807, 2.05) is 12.1 Å². The van der Waals surface area contributed by atoms with Gasteiger partial charge in [-0.15, -0.1) is 0 Å². The zero-order chi connectivity index (χ0) is 18.6. The van der Waals surface area contributed by atoms with Crippen molar-refractivity contribution < 1.29 is 14.0 Å². The maximum Gasteiger partial charge on any atom is 0.334 e. The molecular formula is C19H21FN2O2S. The van der Waals surface area contributed by atoms with E-state index >= 15 is 0 Å². The minimum absolute atomic E-state index is 0.0284. The number of rotatable bonds is 3. The van der Waals surface area contributed by atoms with Gasteiger partial charge >= 0.3 is 6.03 Å². The number of carbonyl (C=O) groups excluding carboxylic acids is 2. The molecule has 1 N–H and O–H groups in total. The highest BCUT2D eigenvalue weighted by molar-refractivity contribution is 7.79. The van der Waals surface area contributed by atoms with Crippen molar-refractivity contribution in [3.05, 3.63) is 71.0 Å². The Morgan fingerprint density at radius 2 is 1.68 bits per heavy atom. The van der Waals surface area contributed by atoms with Gasteiger partial charge in [-0.3, -0.25) is 4.79 Å². The Balaban J connectivity index is 2.01. The first kappa shape index (κ1) is 19.0. The standard InChI is InChI=1S/C19H21FN2O2S/c1-19(2,3)15-10-8-13(9-11-15)17(23)22(25)18(24)21-12-14-6-4-5-7-16(14)20/h4-11,25H,12H2,1-3H3,(H,21,24). The molecule has 0 atom stereocenters. The van der Waals surface area contributed by atoms with Gasteiger partial charge in [0.05, 0.1) is 0 Å². The molecule has 2 rings (SSSR count). The fourth-order valence-corrected chi connectivity index (χ4v) is 2.40. The minimum atomic E-state index is -0.712. The van der Waals surface area contributed by atoms with Crippen molar-refractivity contribution >= 4 is 24.8 Å². The number of imide groups is 1. The maximum absolute atomic E-state index is 13.5. The van der Waals surface area contributed by atoms with E-state index in [2.05, 4.69) is 38.9 Å². The van der Waals surface area contributed by atoms with E-state index in [0.717, 1.165) is 5.56 Å². The van der Waals surface area contributed by atoms with E-state index in [1.54, 1.807) is 30.3 Å². The molecule has 0 aliphatic carbocycles. The van der Waals surface area contributed by atoms with Gasteiger partial charge < -0.3 is 5.32 Å². The Morgan fingerprint density at radius 3 is 2.24 bits per heavy atom. The van der Waals surface area contributed by atoms with Crippen molar-refractivity contribution in [2.24, 2.45) is 0 Å². The molecular weight excluding hydrogens is 339 g/mol. The van der Waals surface area contributed by atoms with Crippen molar-refractivity contribution in [1.29, 1.82) is 0 Å². The number of urea groups is 1. The number of nitrogens with zero attached hydrogens (tertiary/aromatic N) is 1. The number of hydrogen-bond acceptors (Lipinski definition) is 3. The summed E-state index contributed by atoms with van der Waals surface area (Å²) >= 11 is 3.96. The molecule has 0 aliphatic rings. The van der Waals surface area contributed by atoms with Crippen LogP contribution >= 0.6 is 12.8 Å².